The number of rotatable bonds is 6. The van der Waals surface area contributed by atoms with Crippen LogP contribution in [0.5, 0.6) is 0 Å². The highest BCUT2D eigenvalue weighted by atomic mass is 32.1. The zero-order chi connectivity index (χ0) is 17.0. The fourth-order valence-corrected chi connectivity index (χ4v) is 3.12. The number of benzene rings is 1. The Morgan fingerprint density at radius 1 is 1.26 bits per heavy atom. The molecule has 0 bridgehead atoms. The summed E-state index contributed by atoms with van der Waals surface area (Å²) in [5.41, 5.74) is 4.66. The first-order valence-corrected chi connectivity index (χ1v) is 8.68. The van der Waals surface area contributed by atoms with Crippen LogP contribution in [0.2, 0.25) is 0 Å². The molecule has 0 unspecified atom stereocenters. The van der Waals surface area contributed by atoms with Crippen molar-refractivity contribution in [2.24, 2.45) is 0 Å². The molecule has 0 atom stereocenters. The molecule has 0 aliphatic carbocycles. The number of hydrogen-bond donors (Lipinski definition) is 1. The number of methoxy groups -OCH3 is 1. The molecule has 2 aromatic rings. The van der Waals surface area contributed by atoms with Gasteiger partial charge in [0.15, 0.2) is 5.13 Å². The summed E-state index contributed by atoms with van der Waals surface area (Å²) < 4.78 is 4.82. The lowest BCUT2D eigenvalue weighted by atomic mass is 9.90. The van der Waals surface area contributed by atoms with Crippen LogP contribution >= 0.6 is 11.3 Å². The van der Waals surface area contributed by atoms with E-state index in [1.54, 1.807) is 0 Å². The van der Waals surface area contributed by atoms with Crippen molar-refractivity contribution >= 4 is 22.4 Å². The molecule has 1 aromatic carbocycles. The maximum Gasteiger partial charge on any atom is 0.252 e. The Balaban J connectivity index is 2.31. The fraction of sp³-hybridized carbons (Fsp3) is 0.444. The lowest BCUT2D eigenvalue weighted by Crippen LogP contribution is -2.16. The van der Waals surface area contributed by atoms with Crippen LogP contribution in [0.3, 0.4) is 0 Å². The van der Waals surface area contributed by atoms with E-state index in [4.69, 9.17) is 4.74 Å². The lowest BCUT2D eigenvalue weighted by molar-refractivity contribution is -0.119. The number of nitrogens with zero attached hydrogens (tertiary/aromatic N) is 1. The molecule has 2 rings (SSSR count). The lowest BCUT2D eigenvalue weighted by Gasteiger charge is -2.15. The number of amides is 1. The van der Waals surface area contributed by atoms with Gasteiger partial charge in [-0.15, -0.1) is 11.3 Å². The molecule has 5 heteroatoms. The average molecular weight is 332 g/mol. The summed E-state index contributed by atoms with van der Waals surface area (Å²) in [6.45, 7) is 8.82. The Bertz CT molecular complexity index is 677. The van der Waals surface area contributed by atoms with Crippen molar-refractivity contribution in [3.8, 4) is 11.3 Å². The zero-order valence-corrected chi connectivity index (χ0v) is 15.2. The second kappa shape index (κ2) is 7.70. The molecule has 0 aliphatic rings. The van der Waals surface area contributed by atoms with Crippen LogP contribution in [0, 0.1) is 0 Å². The summed E-state index contributed by atoms with van der Waals surface area (Å²) in [6.07, 6.45) is 0. The summed E-state index contributed by atoms with van der Waals surface area (Å²) in [5, 5.41) is 5.34. The molecule has 0 aliphatic heterocycles. The normalized spacial score (nSPS) is 11.3. The number of carbonyl (C=O) groups is 1. The van der Waals surface area contributed by atoms with E-state index in [9.17, 15) is 4.79 Å². The first-order chi connectivity index (χ1) is 10.9. The van der Waals surface area contributed by atoms with Gasteiger partial charge in [-0.3, -0.25) is 10.1 Å². The molecule has 0 saturated heterocycles. The molecule has 0 fully saturated rings. The number of nitrogens with one attached hydrogen (secondary N) is 1. The second-order valence-corrected chi connectivity index (χ2v) is 7.03. The number of aromatic nitrogens is 1. The molecular formula is C18H24N2O2S. The fourth-order valence-electron chi connectivity index (χ4n) is 2.39. The van der Waals surface area contributed by atoms with E-state index in [0.29, 0.717) is 17.0 Å². The maximum atomic E-state index is 11.6. The van der Waals surface area contributed by atoms with Gasteiger partial charge in [0, 0.05) is 18.1 Å². The van der Waals surface area contributed by atoms with Gasteiger partial charge in [-0.1, -0.05) is 45.9 Å². The van der Waals surface area contributed by atoms with Crippen molar-refractivity contribution < 1.29 is 9.53 Å². The molecule has 0 saturated carbocycles. The van der Waals surface area contributed by atoms with Crippen LogP contribution in [-0.2, 0) is 9.53 Å². The topological polar surface area (TPSA) is 51.2 Å². The summed E-state index contributed by atoms with van der Waals surface area (Å²) in [4.78, 5) is 16.1. The quantitative estimate of drug-likeness (QED) is 0.838. The number of hydrogen-bond acceptors (Lipinski definition) is 4. The zero-order valence-electron chi connectivity index (χ0n) is 14.3. The van der Waals surface area contributed by atoms with E-state index in [-0.39, 0.29) is 12.5 Å². The van der Waals surface area contributed by atoms with E-state index in [1.807, 2.05) is 5.38 Å². The SMILES string of the molecule is COCC(=O)Nc1nc(-c2ccc(C(C)C)cc2C(C)C)cs1. The van der Waals surface area contributed by atoms with Gasteiger partial charge >= 0.3 is 0 Å². The Morgan fingerprint density at radius 3 is 2.61 bits per heavy atom. The molecule has 0 radical (unpaired) electrons. The van der Waals surface area contributed by atoms with Gasteiger partial charge in [-0.05, 0) is 23.0 Å². The third-order valence-corrected chi connectivity index (χ3v) is 4.42. The predicted octanol–water partition coefficient (Wildman–Crippen LogP) is 4.64. The van der Waals surface area contributed by atoms with Crippen LogP contribution in [0.1, 0.15) is 50.7 Å². The molecule has 1 heterocycles. The standard InChI is InChI=1S/C18H24N2O2S/c1-11(2)13-6-7-14(15(8-13)12(3)4)16-10-23-18(19-16)20-17(21)9-22-5/h6-8,10-12H,9H2,1-5H3,(H,19,20,21). The Morgan fingerprint density at radius 2 is 2.00 bits per heavy atom. The second-order valence-electron chi connectivity index (χ2n) is 6.18. The molecule has 23 heavy (non-hydrogen) atoms. The smallest absolute Gasteiger partial charge is 0.252 e. The van der Waals surface area contributed by atoms with Gasteiger partial charge in [-0.2, -0.15) is 0 Å². The minimum atomic E-state index is -0.187. The van der Waals surface area contributed by atoms with Gasteiger partial charge in [0.05, 0.1) is 5.69 Å². The van der Waals surface area contributed by atoms with E-state index in [1.165, 1.54) is 29.6 Å². The van der Waals surface area contributed by atoms with Gasteiger partial charge in [0.1, 0.15) is 6.61 Å². The van der Waals surface area contributed by atoms with Crippen LogP contribution in [0.4, 0.5) is 5.13 Å². The predicted molar refractivity (Wildman–Crippen MR) is 96.2 cm³/mol. The number of ether oxygens (including phenoxy) is 1. The van der Waals surface area contributed by atoms with Crippen LogP contribution in [0.15, 0.2) is 23.6 Å². The number of carbonyl (C=O) groups excluding carboxylic acids is 1. The van der Waals surface area contributed by atoms with E-state index < -0.39 is 0 Å². The highest BCUT2D eigenvalue weighted by Gasteiger charge is 2.14. The first-order valence-electron chi connectivity index (χ1n) is 7.81. The van der Waals surface area contributed by atoms with Crippen molar-refractivity contribution in [3.05, 3.63) is 34.7 Å². The third kappa shape index (κ3) is 4.39. The molecule has 1 aromatic heterocycles. The summed E-state index contributed by atoms with van der Waals surface area (Å²) in [6, 6.07) is 6.57. The third-order valence-electron chi connectivity index (χ3n) is 3.67. The molecule has 0 spiro atoms. The summed E-state index contributed by atoms with van der Waals surface area (Å²) in [7, 11) is 1.50. The highest BCUT2D eigenvalue weighted by Crippen LogP contribution is 2.33. The summed E-state index contributed by atoms with van der Waals surface area (Å²) in [5.74, 6) is 0.727. The van der Waals surface area contributed by atoms with Gasteiger partial charge < -0.3 is 4.74 Å². The van der Waals surface area contributed by atoms with Crippen molar-refractivity contribution in [1.29, 1.82) is 0 Å². The Kier molecular flexibility index (Phi) is 5.91. The molecular weight excluding hydrogens is 308 g/mol. The van der Waals surface area contributed by atoms with E-state index in [2.05, 4.69) is 56.2 Å². The minimum absolute atomic E-state index is 0.0369. The minimum Gasteiger partial charge on any atom is -0.375 e. The van der Waals surface area contributed by atoms with Crippen LogP contribution in [-0.4, -0.2) is 24.6 Å². The van der Waals surface area contributed by atoms with Crippen molar-refractivity contribution in [1.82, 2.24) is 4.98 Å². The van der Waals surface area contributed by atoms with E-state index >= 15 is 0 Å². The summed E-state index contributed by atoms with van der Waals surface area (Å²) >= 11 is 1.43. The van der Waals surface area contributed by atoms with Gasteiger partial charge in [0.2, 0.25) is 0 Å². The Hall–Kier alpha value is -1.72. The van der Waals surface area contributed by atoms with Crippen molar-refractivity contribution in [3.63, 3.8) is 0 Å². The average Bonchev–Trinajstić information content (AvgIpc) is 2.94. The monoisotopic (exact) mass is 332 g/mol. The van der Waals surface area contributed by atoms with Crippen molar-refractivity contribution in [2.75, 3.05) is 19.0 Å². The highest BCUT2D eigenvalue weighted by molar-refractivity contribution is 7.14. The molecule has 1 amide bonds. The van der Waals surface area contributed by atoms with Crippen molar-refractivity contribution in [2.45, 2.75) is 39.5 Å². The van der Waals surface area contributed by atoms with Gasteiger partial charge in [0.25, 0.3) is 5.91 Å². The van der Waals surface area contributed by atoms with Crippen LogP contribution < -0.4 is 5.32 Å². The molecule has 1 N–H and O–H groups in total. The largest absolute Gasteiger partial charge is 0.375 e. The number of anilines is 1. The van der Waals surface area contributed by atoms with Crippen LogP contribution in [0.25, 0.3) is 11.3 Å². The van der Waals surface area contributed by atoms with Gasteiger partial charge in [-0.25, -0.2) is 4.98 Å². The maximum absolute atomic E-state index is 11.6. The van der Waals surface area contributed by atoms with E-state index in [0.717, 1.165) is 11.3 Å². The molecule has 4 nitrogen and oxygen atoms in total. The Labute approximate surface area is 141 Å². The number of thiazole rings is 1. The first kappa shape index (κ1) is 17.6. The molecule has 124 valence electrons.